The number of rotatable bonds is 5. The molecule has 0 spiro atoms. The van der Waals surface area contributed by atoms with Crippen LogP contribution in [-0.4, -0.2) is 20.9 Å². The molecule has 3 aromatic rings. The number of aromatic nitrogens is 3. The van der Waals surface area contributed by atoms with Crippen LogP contribution in [0.4, 0.5) is 29.2 Å². The summed E-state index contributed by atoms with van der Waals surface area (Å²) in [7, 11) is 0. The third-order valence-electron chi connectivity index (χ3n) is 3.72. The maximum absolute atomic E-state index is 13.5. The summed E-state index contributed by atoms with van der Waals surface area (Å²) in [5, 5.41) is 5.29. The maximum Gasteiger partial charge on any atom is 0.434 e. The van der Waals surface area contributed by atoms with Gasteiger partial charge >= 0.3 is 6.18 Å². The van der Waals surface area contributed by atoms with Crippen LogP contribution in [0.15, 0.2) is 42.7 Å². The summed E-state index contributed by atoms with van der Waals surface area (Å²) in [6.07, 6.45) is -3.00. The molecule has 0 saturated carbocycles. The zero-order valence-corrected chi connectivity index (χ0v) is 16.3. The van der Waals surface area contributed by atoms with Gasteiger partial charge in [0.2, 0.25) is 11.9 Å². The van der Waals surface area contributed by atoms with Gasteiger partial charge < -0.3 is 10.6 Å². The monoisotopic (exact) mass is 459 g/mol. The fraction of sp³-hybridized carbons (Fsp3) is 0.111. The van der Waals surface area contributed by atoms with Crippen molar-refractivity contribution >= 4 is 40.7 Å². The molecule has 2 aromatic heterocycles. The van der Waals surface area contributed by atoms with Crippen molar-refractivity contribution in [3.05, 3.63) is 75.5 Å². The summed E-state index contributed by atoms with van der Waals surface area (Å²) in [5.41, 5.74) is -1.59. The molecule has 0 aliphatic heterocycles. The van der Waals surface area contributed by atoms with Gasteiger partial charge in [-0.2, -0.15) is 17.6 Å². The molecule has 0 atom stereocenters. The first kappa shape index (κ1) is 21.7. The Kier molecular flexibility index (Phi) is 6.37. The van der Waals surface area contributed by atoms with Gasteiger partial charge in [-0.1, -0.05) is 23.2 Å². The largest absolute Gasteiger partial charge is 0.434 e. The van der Waals surface area contributed by atoms with E-state index in [2.05, 4.69) is 25.6 Å². The van der Waals surface area contributed by atoms with E-state index in [0.717, 1.165) is 12.3 Å². The number of hydrogen-bond acceptors (Lipinski definition) is 5. The van der Waals surface area contributed by atoms with E-state index >= 15 is 0 Å². The third kappa shape index (κ3) is 5.33. The molecule has 12 heteroatoms. The van der Waals surface area contributed by atoms with Crippen LogP contribution in [0.1, 0.15) is 21.6 Å². The van der Waals surface area contributed by atoms with Crippen LogP contribution in [0.5, 0.6) is 0 Å². The number of carbonyl (C=O) groups excluding carboxylic acids is 1. The third-order valence-corrected chi connectivity index (χ3v) is 4.46. The Bertz CT molecular complexity index is 1090. The van der Waals surface area contributed by atoms with Gasteiger partial charge in [0.05, 0.1) is 15.6 Å². The lowest BCUT2D eigenvalue weighted by atomic mass is 10.2. The molecule has 0 aliphatic rings. The predicted octanol–water partition coefficient (Wildman–Crippen LogP) is 5.01. The zero-order chi connectivity index (χ0) is 21.9. The van der Waals surface area contributed by atoms with E-state index in [0.29, 0.717) is 11.3 Å². The number of alkyl halides is 3. The van der Waals surface area contributed by atoms with E-state index in [4.69, 9.17) is 23.2 Å². The SMILES string of the molecule is O=C(NCc1ccnc(F)c1)c1cnc(Nc2ccc(Cl)c(Cl)c2)nc1C(F)(F)F. The van der Waals surface area contributed by atoms with Gasteiger partial charge in [0.15, 0.2) is 5.69 Å². The zero-order valence-electron chi connectivity index (χ0n) is 14.8. The highest BCUT2D eigenvalue weighted by Gasteiger charge is 2.38. The van der Waals surface area contributed by atoms with E-state index < -0.39 is 35.2 Å². The maximum atomic E-state index is 13.5. The highest BCUT2D eigenvalue weighted by atomic mass is 35.5. The van der Waals surface area contributed by atoms with Gasteiger partial charge in [-0.3, -0.25) is 4.79 Å². The van der Waals surface area contributed by atoms with Gasteiger partial charge in [-0.25, -0.2) is 15.0 Å². The van der Waals surface area contributed by atoms with Crippen LogP contribution in [0.25, 0.3) is 0 Å². The lowest BCUT2D eigenvalue weighted by Crippen LogP contribution is -2.27. The Morgan fingerprint density at radius 2 is 1.83 bits per heavy atom. The van der Waals surface area contributed by atoms with E-state index in [9.17, 15) is 22.4 Å². The number of nitrogens with one attached hydrogen (secondary N) is 2. The molecule has 0 fully saturated rings. The van der Waals surface area contributed by atoms with Crippen LogP contribution < -0.4 is 10.6 Å². The molecular formula is C18H11Cl2F4N5O. The second-order valence-electron chi connectivity index (χ2n) is 5.88. The molecule has 0 bridgehead atoms. The molecule has 0 aliphatic carbocycles. The summed E-state index contributed by atoms with van der Waals surface area (Å²) in [6, 6.07) is 6.76. The van der Waals surface area contributed by atoms with E-state index in [-0.39, 0.29) is 16.6 Å². The minimum Gasteiger partial charge on any atom is -0.348 e. The Morgan fingerprint density at radius 3 is 2.50 bits per heavy atom. The number of carbonyl (C=O) groups is 1. The summed E-state index contributed by atoms with van der Waals surface area (Å²) in [6.45, 7) is -0.209. The molecule has 1 amide bonds. The average molecular weight is 460 g/mol. The quantitative estimate of drug-likeness (QED) is 0.414. The fourth-order valence-corrected chi connectivity index (χ4v) is 2.66. The average Bonchev–Trinajstić information content (AvgIpc) is 2.68. The highest BCUT2D eigenvalue weighted by Crippen LogP contribution is 2.32. The highest BCUT2D eigenvalue weighted by molar-refractivity contribution is 6.42. The fourth-order valence-electron chi connectivity index (χ4n) is 2.36. The first-order chi connectivity index (χ1) is 14.1. The number of benzene rings is 1. The second-order valence-corrected chi connectivity index (χ2v) is 6.69. The molecule has 0 radical (unpaired) electrons. The topological polar surface area (TPSA) is 79.8 Å². The first-order valence-electron chi connectivity index (χ1n) is 8.18. The van der Waals surface area contributed by atoms with Gasteiger partial charge in [-0.15, -0.1) is 0 Å². The van der Waals surface area contributed by atoms with Gasteiger partial charge in [0.25, 0.3) is 5.91 Å². The van der Waals surface area contributed by atoms with E-state index in [1.807, 2.05) is 0 Å². The number of amides is 1. The van der Waals surface area contributed by atoms with Crippen LogP contribution in [0.3, 0.4) is 0 Å². The van der Waals surface area contributed by atoms with Crippen molar-refractivity contribution in [2.45, 2.75) is 12.7 Å². The molecule has 156 valence electrons. The van der Waals surface area contributed by atoms with Crippen LogP contribution >= 0.6 is 23.2 Å². The van der Waals surface area contributed by atoms with Crippen LogP contribution in [0, 0.1) is 5.95 Å². The second kappa shape index (κ2) is 8.80. The molecule has 30 heavy (non-hydrogen) atoms. The van der Waals surface area contributed by atoms with E-state index in [1.54, 1.807) is 0 Å². The van der Waals surface area contributed by atoms with Crippen molar-refractivity contribution in [1.29, 1.82) is 0 Å². The standard InChI is InChI=1S/C18H11Cl2F4N5O/c19-12-2-1-10(6-13(12)20)28-17-27-8-11(15(29-17)18(22,23)24)16(30)26-7-9-3-4-25-14(21)5-9/h1-6,8H,7H2,(H,26,30)(H,27,28,29). The number of pyridine rings is 1. The van der Waals surface area contributed by atoms with Gasteiger partial charge in [-0.05, 0) is 35.9 Å². The number of nitrogens with zero attached hydrogens (tertiary/aromatic N) is 3. The number of hydrogen-bond donors (Lipinski definition) is 2. The normalized spacial score (nSPS) is 11.3. The minimum absolute atomic E-state index is 0.182. The van der Waals surface area contributed by atoms with Crippen LogP contribution in [0.2, 0.25) is 10.0 Å². The Balaban J connectivity index is 1.83. The van der Waals surface area contributed by atoms with Crippen molar-refractivity contribution < 1.29 is 22.4 Å². The molecule has 0 unspecified atom stereocenters. The minimum atomic E-state index is -4.92. The molecule has 6 nitrogen and oxygen atoms in total. The first-order valence-corrected chi connectivity index (χ1v) is 8.94. The molecular weight excluding hydrogens is 449 g/mol. The molecule has 2 N–H and O–H groups in total. The van der Waals surface area contributed by atoms with Crippen molar-refractivity contribution in [3.8, 4) is 0 Å². The van der Waals surface area contributed by atoms with Crippen molar-refractivity contribution in [2.24, 2.45) is 0 Å². The number of anilines is 2. The lowest BCUT2D eigenvalue weighted by molar-refractivity contribution is -0.141. The summed E-state index contributed by atoms with van der Waals surface area (Å²) in [5.74, 6) is -2.24. The Labute approximate surface area is 177 Å². The van der Waals surface area contributed by atoms with Crippen molar-refractivity contribution in [1.82, 2.24) is 20.3 Å². The van der Waals surface area contributed by atoms with Crippen LogP contribution in [-0.2, 0) is 12.7 Å². The van der Waals surface area contributed by atoms with Gasteiger partial charge in [0, 0.05) is 24.6 Å². The predicted molar refractivity (Wildman–Crippen MR) is 102 cm³/mol. The summed E-state index contributed by atoms with van der Waals surface area (Å²) < 4.78 is 53.5. The molecule has 2 heterocycles. The molecule has 0 saturated heterocycles. The smallest absolute Gasteiger partial charge is 0.348 e. The molecule has 1 aromatic carbocycles. The molecule has 3 rings (SSSR count). The van der Waals surface area contributed by atoms with Gasteiger partial charge in [0.1, 0.15) is 0 Å². The Hall–Kier alpha value is -2.98. The Morgan fingerprint density at radius 1 is 1.07 bits per heavy atom. The lowest BCUT2D eigenvalue weighted by Gasteiger charge is -2.14. The summed E-state index contributed by atoms with van der Waals surface area (Å²) in [4.78, 5) is 22.8. The van der Waals surface area contributed by atoms with Crippen molar-refractivity contribution in [3.63, 3.8) is 0 Å². The number of halogens is 6. The summed E-state index contributed by atoms with van der Waals surface area (Å²) >= 11 is 11.7. The van der Waals surface area contributed by atoms with E-state index in [1.165, 1.54) is 30.5 Å². The van der Waals surface area contributed by atoms with Crippen molar-refractivity contribution in [2.75, 3.05) is 5.32 Å².